The molecule has 1 aromatic heterocycles. The lowest BCUT2D eigenvalue weighted by atomic mass is 10.2. The van der Waals surface area contributed by atoms with E-state index in [2.05, 4.69) is 10.1 Å². The van der Waals surface area contributed by atoms with Crippen molar-refractivity contribution in [3.8, 4) is 0 Å². The molecule has 0 unspecified atom stereocenters. The topological polar surface area (TPSA) is 90.4 Å². The zero-order valence-electron chi connectivity index (χ0n) is 16.1. The largest absolute Gasteiger partial charge is 0.282 e. The molecule has 0 spiro atoms. The molecule has 0 fully saturated rings. The number of hydrogen-bond donors (Lipinski definition) is 0. The molecular formula is C23H15FN4O3. The summed E-state index contributed by atoms with van der Waals surface area (Å²) in [7, 11) is 0. The number of fused-ring (bicyclic) bond motifs is 1. The molecule has 0 atom stereocenters. The first-order chi connectivity index (χ1) is 15.0. The average Bonchev–Trinajstić information content (AvgIpc) is 2.78. The van der Waals surface area contributed by atoms with Crippen LogP contribution in [0.4, 0.5) is 10.1 Å². The van der Waals surface area contributed by atoms with Gasteiger partial charge in [-0.05, 0) is 42.0 Å². The average molecular weight is 414 g/mol. The van der Waals surface area contributed by atoms with Crippen molar-refractivity contribution >= 4 is 35.0 Å². The van der Waals surface area contributed by atoms with Crippen molar-refractivity contribution < 1.29 is 9.31 Å². The lowest BCUT2D eigenvalue weighted by Crippen LogP contribution is -2.20. The van der Waals surface area contributed by atoms with E-state index in [1.165, 1.54) is 24.4 Å². The second kappa shape index (κ2) is 8.50. The van der Waals surface area contributed by atoms with E-state index in [-0.39, 0.29) is 17.1 Å². The summed E-state index contributed by atoms with van der Waals surface area (Å²) in [6.07, 6.45) is 4.50. The molecule has 0 radical (unpaired) electrons. The number of halogens is 1. The van der Waals surface area contributed by atoms with Gasteiger partial charge in [-0.25, -0.2) is 9.37 Å². The second-order valence-electron chi connectivity index (χ2n) is 6.55. The number of benzene rings is 3. The van der Waals surface area contributed by atoms with Gasteiger partial charge in [0.15, 0.2) is 5.82 Å². The third kappa shape index (κ3) is 4.27. The normalized spacial score (nSPS) is 11.5. The summed E-state index contributed by atoms with van der Waals surface area (Å²) in [6, 6.07) is 18.9. The highest BCUT2D eigenvalue weighted by Gasteiger charge is 2.09. The molecule has 0 aliphatic carbocycles. The van der Waals surface area contributed by atoms with E-state index in [1.54, 1.807) is 66.7 Å². The number of non-ortho nitro benzene ring substituents is 1. The van der Waals surface area contributed by atoms with E-state index in [9.17, 15) is 19.3 Å². The van der Waals surface area contributed by atoms with Crippen molar-refractivity contribution in [2.24, 2.45) is 5.10 Å². The van der Waals surface area contributed by atoms with Gasteiger partial charge in [0.05, 0.1) is 22.0 Å². The first kappa shape index (κ1) is 19.8. The molecule has 8 heteroatoms. The maximum absolute atomic E-state index is 13.9. The van der Waals surface area contributed by atoms with E-state index in [0.717, 1.165) is 4.68 Å². The van der Waals surface area contributed by atoms with E-state index in [0.29, 0.717) is 16.5 Å². The van der Waals surface area contributed by atoms with E-state index in [1.807, 2.05) is 0 Å². The third-order valence-corrected chi connectivity index (χ3v) is 4.53. The second-order valence-corrected chi connectivity index (χ2v) is 6.55. The molecule has 0 aliphatic rings. The maximum Gasteiger partial charge on any atom is 0.282 e. The molecule has 4 aromatic rings. The van der Waals surface area contributed by atoms with Crippen molar-refractivity contribution in [1.82, 2.24) is 9.66 Å². The Labute approximate surface area is 175 Å². The van der Waals surface area contributed by atoms with E-state index < -0.39 is 16.3 Å². The smallest absolute Gasteiger partial charge is 0.267 e. The lowest BCUT2D eigenvalue weighted by molar-refractivity contribution is -0.384. The summed E-state index contributed by atoms with van der Waals surface area (Å²) >= 11 is 0. The van der Waals surface area contributed by atoms with Crippen LogP contribution in [0.15, 0.2) is 82.7 Å². The number of nitrogens with zero attached hydrogens (tertiary/aromatic N) is 4. The van der Waals surface area contributed by atoms with Gasteiger partial charge in [0.2, 0.25) is 0 Å². The quantitative estimate of drug-likeness (QED) is 0.273. The molecule has 7 nitrogen and oxygen atoms in total. The van der Waals surface area contributed by atoms with Crippen LogP contribution >= 0.6 is 0 Å². The van der Waals surface area contributed by atoms with E-state index >= 15 is 0 Å². The van der Waals surface area contributed by atoms with Gasteiger partial charge in [0, 0.05) is 17.7 Å². The molecule has 31 heavy (non-hydrogen) atoms. The fourth-order valence-electron chi connectivity index (χ4n) is 2.94. The summed E-state index contributed by atoms with van der Waals surface area (Å²) < 4.78 is 15.0. The van der Waals surface area contributed by atoms with Gasteiger partial charge in [0.25, 0.3) is 11.2 Å². The SMILES string of the molecule is O=c1c2ccccc2nc(/C=C/c2ccc([N+](=O)[O-])cc2)n1/N=C\c1ccccc1F. The summed E-state index contributed by atoms with van der Waals surface area (Å²) in [5.41, 5.74) is 0.979. The van der Waals surface area contributed by atoms with Gasteiger partial charge < -0.3 is 0 Å². The van der Waals surface area contributed by atoms with Crippen molar-refractivity contribution in [3.05, 3.63) is 116 Å². The lowest BCUT2D eigenvalue weighted by Gasteiger charge is -2.06. The first-order valence-electron chi connectivity index (χ1n) is 9.26. The van der Waals surface area contributed by atoms with Crippen LogP contribution in [-0.2, 0) is 0 Å². The van der Waals surface area contributed by atoms with Gasteiger partial charge >= 0.3 is 0 Å². The van der Waals surface area contributed by atoms with Gasteiger partial charge in [-0.15, -0.1) is 0 Å². The van der Waals surface area contributed by atoms with Crippen molar-refractivity contribution in [3.63, 3.8) is 0 Å². The number of aromatic nitrogens is 2. The van der Waals surface area contributed by atoms with Crippen LogP contribution in [0.1, 0.15) is 17.0 Å². The maximum atomic E-state index is 13.9. The minimum absolute atomic E-state index is 0.0209. The van der Waals surface area contributed by atoms with Gasteiger partial charge in [-0.1, -0.05) is 36.4 Å². The molecule has 0 amide bonds. The molecule has 1 heterocycles. The zero-order chi connectivity index (χ0) is 21.8. The number of para-hydroxylation sites is 1. The molecular weight excluding hydrogens is 399 g/mol. The highest BCUT2D eigenvalue weighted by Crippen LogP contribution is 2.15. The minimum atomic E-state index is -0.479. The molecule has 0 aliphatic heterocycles. The Morgan fingerprint density at radius 2 is 1.68 bits per heavy atom. The molecule has 0 saturated heterocycles. The van der Waals surface area contributed by atoms with Crippen LogP contribution in [-0.4, -0.2) is 20.8 Å². The van der Waals surface area contributed by atoms with Gasteiger partial charge in [-0.3, -0.25) is 14.9 Å². The number of nitro groups is 1. The van der Waals surface area contributed by atoms with E-state index in [4.69, 9.17) is 0 Å². The number of hydrogen-bond acceptors (Lipinski definition) is 5. The summed E-state index contributed by atoms with van der Waals surface area (Å²) in [5, 5.41) is 15.4. The van der Waals surface area contributed by atoms with Crippen molar-refractivity contribution in [2.45, 2.75) is 0 Å². The fraction of sp³-hybridized carbons (Fsp3) is 0. The van der Waals surface area contributed by atoms with Crippen LogP contribution in [0.25, 0.3) is 23.1 Å². The van der Waals surface area contributed by atoms with Crippen molar-refractivity contribution in [2.75, 3.05) is 0 Å². The molecule has 152 valence electrons. The predicted octanol–water partition coefficient (Wildman–Crippen LogP) is 4.50. The molecule has 3 aromatic carbocycles. The highest BCUT2D eigenvalue weighted by atomic mass is 19.1. The summed E-state index contributed by atoms with van der Waals surface area (Å²) in [6.45, 7) is 0. The zero-order valence-corrected chi connectivity index (χ0v) is 16.1. The Kier molecular flexibility index (Phi) is 5.44. The fourth-order valence-corrected chi connectivity index (χ4v) is 2.94. The van der Waals surface area contributed by atoms with Crippen LogP contribution in [0, 0.1) is 15.9 Å². The number of rotatable bonds is 5. The van der Waals surface area contributed by atoms with Crippen LogP contribution in [0.3, 0.4) is 0 Å². The Morgan fingerprint density at radius 3 is 2.42 bits per heavy atom. The van der Waals surface area contributed by atoms with Crippen LogP contribution in [0.5, 0.6) is 0 Å². The highest BCUT2D eigenvalue weighted by molar-refractivity contribution is 5.81. The molecule has 0 N–H and O–H groups in total. The van der Waals surface area contributed by atoms with Crippen LogP contribution < -0.4 is 5.56 Å². The number of nitro benzene ring substituents is 1. The Hall–Kier alpha value is -4.46. The third-order valence-electron chi connectivity index (χ3n) is 4.53. The van der Waals surface area contributed by atoms with Gasteiger partial charge in [-0.2, -0.15) is 9.78 Å². The summed E-state index contributed by atoms with van der Waals surface area (Å²) in [5.74, 6) is -0.231. The van der Waals surface area contributed by atoms with Gasteiger partial charge in [0.1, 0.15) is 5.82 Å². The predicted molar refractivity (Wildman–Crippen MR) is 117 cm³/mol. The molecule has 4 rings (SSSR count). The monoisotopic (exact) mass is 414 g/mol. The standard InChI is InChI=1S/C23H15FN4O3/c24-20-7-3-1-5-17(20)15-25-27-22(26-21-8-4-2-6-19(21)23(27)29)14-11-16-9-12-18(13-10-16)28(30)31/h1-15H/b14-11+,25-15-. The molecule has 0 bridgehead atoms. The van der Waals surface area contributed by atoms with Crippen LogP contribution in [0.2, 0.25) is 0 Å². The Morgan fingerprint density at radius 1 is 0.968 bits per heavy atom. The Balaban J connectivity index is 1.79. The van der Waals surface area contributed by atoms with Crippen molar-refractivity contribution in [1.29, 1.82) is 0 Å². The first-order valence-corrected chi connectivity index (χ1v) is 9.26. The Bertz CT molecular complexity index is 1390. The molecule has 0 saturated carbocycles. The summed E-state index contributed by atoms with van der Waals surface area (Å²) in [4.78, 5) is 27.8. The minimum Gasteiger partial charge on any atom is -0.267 e.